The Bertz CT molecular complexity index is 456. The lowest BCUT2D eigenvalue weighted by Crippen LogP contribution is -2.56. The van der Waals surface area contributed by atoms with Crippen LogP contribution in [0, 0.1) is 5.92 Å². The van der Waals surface area contributed by atoms with Gasteiger partial charge in [0.25, 0.3) is 0 Å². The summed E-state index contributed by atoms with van der Waals surface area (Å²) in [6, 6.07) is 6.59. The lowest BCUT2D eigenvalue weighted by atomic mass is 9.59. The minimum Gasteiger partial charge on any atom is -0.508 e. The monoisotopic (exact) mass is 231 g/mol. The second-order valence-corrected chi connectivity index (χ2v) is 6.05. The van der Waals surface area contributed by atoms with Crippen LogP contribution in [0.1, 0.15) is 31.4 Å². The number of hydrogen-bond acceptors (Lipinski definition) is 2. The Labute approximate surface area is 103 Å². The first-order valence-electron chi connectivity index (χ1n) is 6.55. The van der Waals surface area contributed by atoms with Crippen molar-refractivity contribution in [2.24, 2.45) is 5.92 Å². The van der Waals surface area contributed by atoms with Crippen LogP contribution in [0.5, 0.6) is 5.75 Å². The SMILES string of the molecule is C[C@H]1[C@H]2Cc3ccc(O)cc3C1(C)CCN2C. The molecule has 1 aliphatic heterocycles. The van der Waals surface area contributed by atoms with Gasteiger partial charge in [-0.3, -0.25) is 0 Å². The number of piperidine rings is 1. The molecule has 0 spiro atoms. The number of rotatable bonds is 0. The van der Waals surface area contributed by atoms with Crippen molar-refractivity contribution in [1.82, 2.24) is 4.90 Å². The largest absolute Gasteiger partial charge is 0.508 e. The summed E-state index contributed by atoms with van der Waals surface area (Å²) in [7, 11) is 2.24. The summed E-state index contributed by atoms with van der Waals surface area (Å²) >= 11 is 0. The van der Waals surface area contributed by atoms with E-state index in [1.807, 2.05) is 12.1 Å². The van der Waals surface area contributed by atoms with Gasteiger partial charge in [-0.2, -0.15) is 0 Å². The fourth-order valence-corrected chi connectivity index (χ4v) is 3.82. The molecule has 3 rings (SSSR count). The third-order valence-corrected chi connectivity index (χ3v) is 5.27. The van der Waals surface area contributed by atoms with Crippen LogP contribution in [0.4, 0.5) is 0 Å². The van der Waals surface area contributed by atoms with Gasteiger partial charge in [0.15, 0.2) is 0 Å². The fourth-order valence-electron chi connectivity index (χ4n) is 3.82. The number of likely N-dealkylation sites (N-methyl/N-ethyl adjacent to an activating group) is 1. The smallest absolute Gasteiger partial charge is 0.115 e. The van der Waals surface area contributed by atoms with Crippen molar-refractivity contribution in [2.45, 2.75) is 38.1 Å². The Balaban J connectivity index is 2.16. The standard InChI is InChI=1S/C15H21NO/c1-10-14-8-11-4-5-12(17)9-13(11)15(10,2)6-7-16(14)3/h4-5,9-10,14,17H,6-8H2,1-3H3/t10-,14+,15?/m0/s1. The maximum atomic E-state index is 9.73. The van der Waals surface area contributed by atoms with Gasteiger partial charge in [0, 0.05) is 6.04 Å². The van der Waals surface area contributed by atoms with Crippen molar-refractivity contribution >= 4 is 0 Å². The van der Waals surface area contributed by atoms with Crippen LogP contribution in [0.25, 0.3) is 0 Å². The van der Waals surface area contributed by atoms with Gasteiger partial charge in [-0.1, -0.05) is 19.9 Å². The maximum absolute atomic E-state index is 9.73. The molecule has 2 bridgehead atoms. The Morgan fingerprint density at radius 2 is 2.18 bits per heavy atom. The van der Waals surface area contributed by atoms with Crippen LogP contribution in [-0.4, -0.2) is 29.6 Å². The van der Waals surface area contributed by atoms with E-state index >= 15 is 0 Å². The molecule has 0 radical (unpaired) electrons. The topological polar surface area (TPSA) is 23.5 Å². The van der Waals surface area contributed by atoms with E-state index in [1.54, 1.807) is 0 Å². The van der Waals surface area contributed by atoms with Gasteiger partial charge < -0.3 is 10.0 Å². The van der Waals surface area contributed by atoms with Gasteiger partial charge in [0.2, 0.25) is 0 Å². The van der Waals surface area contributed by atoms with Crippen LogP contribution in [0.3, 0.4) is 0 Å². The molecule has 1 N–H and O–H groups in total. The van der Waals surface area contributed by atoms with Crippen molar-refractivity contribution < 1.29 is 5.11 Å². The Kier molecular flexibility index (Phi) is 2.27. The Hall–Kier alpha value is -1.02. The molecule has 0 aromatic heterocycles. The van der Waals surface area contributed by atoms with Crippen LogP contribution >= 0.6 is 0 Å². The summed E-state index contributed by atoms with van der Waals surface area (Å²) < 4.78 is 0. The second kappa shape index (κ2) is 3.49. The molecular weight excluding hydrogens is 210 g/mol. The lowest BCUT2D eigenvalue weighted by molar-refractivity contribution is 0.0506. The summed E-state index contributed by atoms with van der Waals surface area (Å²) in [4.78, 5) is 2.50. The van der Waals surface area contributed by atoms with Crippen molar-refractivity contribution in [1.29, 1.82) is 0 Å². The zero-order valence-corrected chi connectivity index (χ0v) is 10.9. The van der Waals surface area contributed by atoms with Crippen LogP contribution in [-0.2, 0) is 11.8 Å². The number of aromatic hydroxyl groups is 1. The lowest BCUT2D eigenvalue weighted by Gasteiger charge is -2.53. The summed E-state index contributed by atoms with van der Waals surface area (Å²) in [5, 5.41) is 9.73. The van der Waals surface area contributed by atoms with Gasteiger partial charge in [-0.05, 0) is 61.0 Å². The number of benzene rings is 1. The van der Waals surface area contributed by atoms with Crippen molar-refractivity contribution in [3.8, 4) is 5.75 Å². The Morgan fingerprint density at radius 3 is 2.94 bits per heavy atom. The van der Waals surface area contributed by atoms with E-state index in [1.165, 1.54) is 24.1 Å². The first-order valence-corrected chi connectivity index (χ1v) is 6.55. The summed E-state index contributed by atoms with van der Waals surface area (Å²) in [5.41, 5.74) is 3.05. The zero-order valence-electron chi connectivity index (χ0n) is 10.9. The third kappa shape index (κ3) is 1.43. The van der Waals surface area contributed by atoms with Crippen molar-refractivity contribution in [2.75, 3.05) is 13.6 Å². The first kappa shape index (κ1) is 11.1. The second-order valence-electron chi connectivity index (χ2n) is 6.05. The van der Waals surface area contributed by atoms with Crippen LogP contribution in [0.2, 0.25) is 0 Å². The highest BCUT2D eigenvalue weighted by atomic mass is 16.3. The molecule has 1 aromatic rings. The molecule has 2 nitrogen and oxygen atoms in total. The predicted molar refractivity (Wildman–Crippen MR) is 69.4 cm³/mol. The average Bonchev–Trinajstić information content (AvgIpc) is 2.30. The normalized spacial score (nSPS) is 36.6. The molecule has 3 atom stereocenters. The minimum absolute atomic E-state index is 0.240. The fraction of sp³-hybridized carbons (Fsp3) is 0.600. The van der Waals surface area contributed by atoms with Gasteiger partial charge in [0.1, 0.15) is 5.75 Å². The molecule has 2 heteroatoms. The third-order valence-electron chi connectivity index (χ3n) is 5.27. The molecule has 1 aromatic carbocycles. The Morgan fingerprint density at radius 1 is 1.41 bits per heavy atom. The van der Waals surface area contributed by atoms with E-state index in [0.29, 0.717) is 17.7 Å². The highest BCUT2D eigenvalue weighted by molar-refractivity contribution is 5.44. The molecule has 2 aliphatic rings. The average molecular weight is 231 g/mol. The molecule has 1 unspecified atom stereocenters. The summed E-state index contributed by atoms with van der Waals surface area (Å²) in [5.74, 6) is 1.07. The number of nitrogens with zero attached hydrogens (tertiary/aromatic N) is 1. The van der Waals surface area contributed by atoms with Gasteiger partial charge >= 0.3 is 0 Å². The molecule has 0 amide bonds. The first-order chi connectivity index (χ1) is 8.02. The van der Waals surface area contributed by atoms with E-state index in [9.17, 15) is 5.11 Å². The van der Waals surface area contributed by atoms with Gasteiger partial charge in [-0.15, -0.1) is 0 Å². The highest BCUT2D eigenvalue weighted by Gasteiger charge is 2.47. The van der Waals surface area contributed by atoms with E-state index in [-0.39, 0.29) is 5.41 Å². The molecule has 1 heterocycles. The minimum atomic E-state index is 0.240. The van der Waals surface area contributed by atoms with E-state index < -0.39 is 0 Å². The van der Waals surface area contributed by atoms with E-state index in [4.69, 9.17) is 0 Å². The quantitative estimate of drug-likeness (QED) is 0.741. The van der Waals surface area contributed by atoms with Gasteiger partial charge in [-0.25, -0.2) is 0 Å². The molecule has 1 fully saturated rings. The number of phenols is 1. The zero-order chi connectivity index (χ0) is 12.2. The van der Waals surface area contributed by atoms with E-state index in [0.717, 1.165) is 6.42 Å². The maximum Gasteiger partial charge on any atom is 0.115 e. The molecular formula is C15H21NO. The summed E-state index contributed by atoms with van der Waals surface area (Å²) in [6.45, 7) is 5.91. The van der Waals surface area contributed by atoms with Crippen molar-refractivity contribution in [3.05, 3.63) is 29.3 Å². The highest BCUT2D eigenvalue weighted by Crippen LogP contribution is 2.48. The van der Waals surface area contributed by atoms with Gasteiger partial charge in [0.05, 0.1) is 0 Å². The molecule has 1 aliphatic carbocycles. The molecule has 92 valence electrons. The molecule has 0 saturated carbocycles. The number of likely N-dealkylation sites (tertiary alicyclic amines) is 1. The number of phenolic OH excluding ortho intramolecular Hbond substituents is 1. The molecule has 17 heavy (non-hydrogen) atoms. The van der Waals surface area contributed by atoms with E-state index in [2.05, 4.69) is 31.9 Å². The number of fused-ring (bicyclic) bond motifs is 4. The van der Waals surface area contributed by atoms with Crippen LogP contribution in [0.15, 0.2) is 18.2 Å². The van der Waals surface area contributed by atoms with Crippen molar-refractivity contribution in [3.63, 3.8) is 0 Å². The summed E-state index contributed by atoms with van der Waals surface area (Å²) in [6.07, 6.45) is 2.32. The predicted octanol–water partition coefficient (Wildman–Crippen LogP) is 2.55. The number of hydrogen-bond donors (Lipinski definition) is 1. The van der Waals surface area contributed by atoms with Crippen LogP contribution < -0.4 is 0 Å². The molecule has 1 saturated heterocycles.